The molecule has 0 bridgehead atoms. The number of nitrogens with zero attached hydrogens (tertiary/aromatic N) is 3. The molecule has 0 saturated heterocycles. The smallest absolute Gasteiger partial charge is 0.167 e. The molecule has 7 aromatic rings. The van der Waals surface area contributed by atoms with Gasteiger partial charge < -0.3 is 0 Å². The van der Waals surface area contributed by atoms with Gasteiger partial charge in [-0.2, -0.15) is 0 Å². The van der Waals surface area contributed by atoms with Crippen LogP contribution in [0, 0.1) is 5.82 Å². The largest absolute Gasteiger partial charge is 0.208 e. The van der Waals surface area contributed by atoms with Crippen molar-refractivity contribution in [1.82, 2.24) is 15.0 Å². The van der Waals surface area contributed by atoms with Gasteiger partial charge in [0.15, 0.2) is 17.5 Å². The second-order valence-corrected chi connectivity index (χ2v) is 10.1. The van der Waals surface area contributed by atoms with Crippen LogP contribution in [0.2, 0.25) is 0 Å². The summed E-state index contributed by atoms with van der Waals surface area (Å²) in [6.07, 6.45) is 0. The summed E-state index contributed by atoms with van der Waals surface area (Å²) in [5.74, 6) is 0.950. The summed E-state index contributed by atoms with van der Waals surface area (Å²) in [6, 6.07) is 39.5. The molecule has 3 nitrogen and oxygen atoms in total. The molecule has 0 aliphatic heterocycles. The highest BCUT2D eigenvalue weighted by atomic mass is 32.1. The van der Waals surface area contributed by atoms with Gasteiger partial charge in [-0.3, -0.25) is 0 Å². The Morgan fingerprint density at radius 1 is 0.474 bits per heavy atom. The van der Waals surface area contributed by atoms with Crippen LogP contribution in [0.3, 0.4) is 0 Å². The average Bonchev–Trinajstić information content (AvgIpc) is 3.37. The summed E-state index contributed by atoms with van der Waals surface area (Å²) < 4.78 is 17.3. The first-order valence-electron chi connectivity index (χ1n) is 12.3. The Labute approximate surface area is 222 Å². The van der Waals surface area contributed by atoms with E-state index < -0.39 is 0 Å². The van der Waals surface area contributed by atoms with Crippen molar-refractivity contribution in [1.29, 1.82) is 0 Å². The molecule has 0 amide bonds. The average molecular weight is 510 g/mol. The van der Waals surface area contributed by atoms with Crippen molar-refractivity contribution in [3.8, 4) is 45.3 Å². The van der Waals surface area contributed by atoms with Gasteiger partial charge in [-0.1, -0.05) is 97.1 Å². The lowest BCUT2D eigenvalue weighted by atomic mass is 10.0. The zero-order valence-corrected chi connectivity index (χ0v) is 21.0. The fraction of sp³-hybridized carbons (Fsp3) is 0. The van der Waals surface area contributed by atoms with Gasteiger partial charge in [0.2, 0.25) is 0 Å². The maximum Gasteiger partial charge on any atom is 0.167 e. The fourth-order valence-corrected chi connectivity index (χ4v) is 6.02. The summed E-state index contributed by atoms with van der Waals surface area (Å²) >= 11 is 1.80. The van der Waals surface area contributed by atoms with Gasteiger partial charge in [0.05, 0.1) is 5.56 Å². The second-order valence-electron chi connectivity index (χ2n) is 9.01. The predicted molar refractivity (Wildman–Crippen MR) is 154 cm³/mol. The van der Waals surface area contributed by atoms with E-state index in [0.29, 0.717) is 23.0 Å². The molecule has 0 aliphatic carbocycles. The Kier molecular flexibility index (Phi) is 5.49. The maximum atomic E-state index is 14.8. The van der Waals surface area contributed by atoms with E-state index in [1.807, 2.05) is 42.5 Å². The van der Waals surface area contributed by atoms with Crippen LogP contribution in [-0.4, -0.2) is 15.0 Å². The number of fused-ring (bicyclic) bond motifs is 3. The number of hydrogen-bond donors (Lipinski definition) is 0. The lowest BCUT2D eigenvalue weighted by Crippen LogP contribution is -2.01. The van der Waals surface area contributed by atoms with Crippen LogP contribution in [0.15, 0.2) is 121 Å². The highest BCUT2D eigenvalue weighted by Crippen LogP contribution is 2.40. The van der Waals surface area contributed by atoms with Crippen LogP contribution in [0.1, 0.15) is 0 Å². The normalized spacial score (nSPS) is 11.3. The third kappa shape index (κ3) is 3.94. The molecule has 5 heteroatoms. The molecule has 7 rings (SSSR count). The zero-order chi connectivity index (χ0) is 25.5. The molecule has 0 saturated carbocycles. The first-order valence-corrected chi connectivity index (χ1v) is 13.1. The van der Waals surface area contributed by atoms with E-state index in [-0.39, 0.29) is 5.82 Å². The van der Waals surface area contributed by atoms with Gasteiger partial charge in [-0.05, 0) is 35.4 Å². The quantitative estimate of drug-likeness (QED) is 0.238. The van der Waals surface area contributed by atoms with Crippen LogP contribution < -0.4 is 0 Å². The number of aromatic nitrogens is 3. The Balaban J connectivity index is 1.41. The molecule has 0 fully saturated rings. The minimum absolute atomic E-state index is 0.309. The molecular formula is C33H20FN3S. The van der Waals surface area contributed by atoms with Crippen molar-refractivity contribution in [3.05, 3.63) is 127 Å². The first-order chi connectivity index (χ1) is 18.7. The van der Waals surface area contributed by atoms with Crippen molar-refractivity contribution in [2.75, 3.05) is 0 Å². The number of benzene rings is 5. The van der Waals surface area contributed by atoms with E-state index in [9.17, 15) is 4.39 Å². The summed E-state index contributed by atoms with van der Waals surface area (Å²) in [7, 11) is 0. The molecular weight excluding hydrogens is 489 g/mol. The van der Waals surface area contributed by atoms with Gasteiger partial charge >= 0.3 is 0 Å². The van der Waals surface area contributed by atoms with Crippen LogP contribution in [0.4, 0.5) is 4.39 Å². The number of hydrogen-bond acceptors (Lipinski definition) is 4. The predicted octanol–water partition coefficient (Wildman–Crippen LogP) is 9.05. The van der Waals surface area contributed by atoms with Gasteiger partial charge in [-0.15, -0.1) is 11.3 Å². The standard InChI is InChI=1S/C33H20FN3S/c34-28-18-6-4-15-27(28)33-36-31(21-10-2-1-3-11-21)35-32(37-33)23-13-8-12-22(20-23)24-16-9-17-26-25-14-5-7-19-29(25)38-30(24)26/h1-20H. The summed E-state index contributed by atoms with van der Waals surface area (Å²) in [6.45, 7) is 0. The van der Waals surface area contributed by atoms with Crippen molar-refractivity contribution < 1.29 is 4.39 Å². The van der Waals surface area contributed by atoms with E-state index in [1.165, 1.54) is 26.2 Å². The van der Waals surface area contributed by atoms with Gasteiger partial charge in [0, 0.05) is 31.3 Å². The molecule has 180 valence electrons. The first kappa shape index (κ1) is 22.5. The Hall–Kier alpha value is -4.74. The Morgan fingerprint density at radius 3 is 1.95 bits per heavy atom. The van der Waals surface area contributed by atoms with Crippen LogP contribution >= 0.6 is 11.3 Å². The van der Waals surface area contributed by atoms with E-state index in [4.69, 9.17) is 9.97 Å². The van der Waals surface area contributed by atoms with Crippen molar-refractivity contribution in [2.24, 2.45) is 0 Å². The molecule has 5 aromatic carbocycles. The Bertz CT molecular complexity index is 1950. The van der Waals surface area contributed by atoms with Crippen molar-refractivity contribution in [3.63, 3.8) is 0 Å². The number of thiophene rings is 1. The van der Waals surface area contributed by atoms with Crippen LogP contribution in [0.25, 0.3) is 65.5 Å². The van der Waals surface area contributed by atoms with E-state index >= 15 is 0 Å². The fourth-order valence-electron chi connectivity index (χ4n) is 4.78. The summed E-state index contributed by atoms with van der Waals surface area (Å²) in [5, 5.41) is 2.52. The lowest BCUT2D eigenvalue weighted by Gasteiger charge is -2.10. The highest BCUT2D eigenvalue weighted by Gasteiger charge is 2.16. The van der Waals surface area contributed by atoms with E-state index in [2.05, 4.69) is 59.6 Å². The molecule has 2 heterocycles. The van der Waals surface area contributed by atoms with Crippen molar-refractivity contribution >= 4 is 31.5 Å². The minimum Gasteiger partial charge on any atom is -0.208 e. The minimum atomic E-state index is -0.367. The second kappa shape index (κ2) is 9.29. The highest BCUT2D eigenvalue weighted by molar-refractivity contribution is 7.26. The number of rotatable bonds is 4. The molecule has 0 atom stereocenters. The summed E-state index contributed by atoms with van der Waals surface area (Å²) in [5.41, 5.74) is 4.28. The van der Waals surface area contributed by atoms with Gasteiger partial charge in [-0.25, -0.2) is 19.3 Å². The van der Waals surface area contributed by atoms with E-state index in [0.717, 1.165) is 22.3 Å². The topological polar surface area (TPSA) is 38.7 Å². The molecule has 2 aromatic heterocycles. The third-order valence-corrected chi connectivity index (χ3v) is 7.84. The SMILES string of the molecule is Fc1ccccc1-c1nc(-c2ccccc2)nc(-c2cccc(-c3cccc4c3sc3ccccc34)c2)n1. The zero-order valence-electron chi connectivity index (χ0n) is 20.2. The van der Waals surface area contributed by atoms with Crippen molar-refractivity contribution in [2.45, 2.75) is 0 Å². The molecule has 0 spiro atoms. The number of halogens is 1. The lowest BCUT2D eigenvalue weighted by molar-refractivity contribution is 0.630. The van der Waals surface area contributed by atoms with Crippen LogP contribution in [-0.2, 0) is 0 Å². The van der Waals surface area contributed by atoms with E-state index in [1.54, 1.807) is 29.5 Å². The van der Waals surface area contributed by atoms with Gasteiger partial charge in [0.25, 0.3) is 0 Å². The third-order valence-electron chi connectivity index (χ3n) is 6.62. The molecule has 0 aliphatic rings. The monoisotopic (exact) mass is 509 g/mol. The molecule has 0 N–H and O–H groups in total. The van der Waals surface area contributed by atoms with Gasteiger partial charge in [0.1, 0.15) is 5.82 Å². The summed E-state index contributed by atoms with van der Waals surface area (Å²) in [4.78, 5) is 14.2. The molecule has 0 radical (unpaired) electrons. The maximum absolute atomic E-state index is 14.8. The molecule has 38 heavy (non-hydrogen) atoms. The molecule has 0 unspecified atom stereocenters. The van der Waals surface area contributed by atoms with Crippen LogP contribution in [0.5, 0.6) is 0 Å². The Morgan fingerprint density at radius 2 is 1.08 bits per heavy atom.